The summed E-state index contributed by atoms with van der Waals surface area (Å²) in [6, 6.07) is 8.48. The highest BCUT2D eigenvalue weighted by Gasteiger charge is 2.11. The van der Waals surface area contributed by atoms with Crippen LogP contribution in [0.1, 0.15) is 16.1 Å². The molecule has 102 valence electrons. The van der Waals surface area contributed by atoms with Crippen LogP contribution in [-0.4, -0.2) is 22.2 Å². The Morgan fingerprint density at radius 2 is 2.10 bits per heavy atom. The first-order valence-electron chi connectivity index (χ1n) is 5.43. The first-order chi connectivity index (χ1) is 9.58. The van der Waals surface area contributed by atoms with E-state index in [1.54, 1.807) is 12.1 Å². The Kier molecular flexibility index (Phi) is 3.75. The lowest BCUT2D eigenvalue weighted by atomic mass is 10.2. The predicted octanol–water partition coefficient (Wildman–Crippen LogP) is 1.66. The normalized spacial score (nSPS) is 10.6. The summed E-state index contributed by atoms with van der Waals surface area (Å²) in [6.07, 6.45) is 1.12. The molecule has 0 aliphatic carbocycles. The lowest BCUT2D eigenvalue weighted by Crippen LogP contribution is -2.17. The molecule has 8 heteroatoms. The van der Waals surface area contributed by atoms with E-state index in [1.807, 2.05) is 0 Å². The number of phenolic OH excluding ortho intramolecular Hbond substituents is 1. The summed E-state index contributed by atoms with van der Waals surface area (Å²) in [5.74, 6) is -1.08. The number of hydrogen-bond donors (Lipinski definition) is 2. The van der Waals surface area contributed by atoms with E-state index in [2.05, 4.69) is 10.5 Å². The van der Waals surface area contributed by atoms with Crippen LogP contribution in [0.25, 0.3) is 0 Å². The van der Waals surface area contributed by atoms with Gasteiger partial charge in [0.25, 0.3) is 5.91 Å². The number of phenols is 1. The van der Waals surface area contributed by atoms with Gasteiger partial charge in [0.05, 0.1) is 17.8 Å². The SMILES string of the molecule is O=C(NN=Cc1ccc([N+](=O)[O-])o1)c1ccccc1O. The van der Waals surface area contributed by atoms with Crippen molar-refractivity contribution in [3.05, 3.63) is 57.8 Å². The third kappa shape index (κ3) is 2.99. The molecule has 1 heterocycles. The maximum atomic E-state index is 11.6. The molecule has 0 fully saturated rings. The molecule has 8 nitrogen and oxygen atoms in total. The number of benzene rings is 1. The highest BCUT2D eigenvalue weighted by atomic mass is 16.6. The van der Waals surface area contributed by atoms with E-state index < -0.39 is 16.7 Å². The van der Waals surface area contributed by atoms with E-state index in [0.717, 1.165) is 6.21 Å². The van der Waals surface area contributed by atoms with Crippen molar-refractivity contribution < 1.29 is 19.2 Å². The first-order valence-corrected chi connectivity index (χ1v) is 5.43. The fourth-order valence-electron chi connectivity index (χ4n) is 1.39. The second-order valence-electron chi connectivity index (χ2n) is 3.65. The fraction of sp³-hybridized carbons (Fsp3) is 0. The summed E-state index contributed by atoms with van der Waals surface area (Å²) in [5.41, 5.74) is 2.23. The molecular weight excluding hydrogens is 266 g/mol. The van der Waals surface area contributed by atoms with Crippen LogP contribution in [0.15, 0.2) is 45.9 Å². The Hall–Kier alpha value is -3.16. The van der Waals surface area contributed by atoms with Crippen molar-refractivity contribution in [2.75, 3.05) is 0 Å². The van der Waals surface area contributed by atoms with Crippen molar-refractivity contribution in [3.63, 3.8) is 0 Å². The number of nitrogens with zero attached hydrogens (tertiary/aromatic N) is 2. The Bertz CT molecular complexity index is 677. The average molecular weight is 275 g/mol. The van der Waals surface area contributed by atoms with Gasteiger partial charge in [-0.15, -0.1) is 0 Å². The van der Waals surface area contributed by atoms with Crippen molar-refractivity contribution in [3.8, 4) is 5.75 Å². The van der Waals surface area contributed by atoms with E-state index in [1.165, 1.54) is 24.3 Å². The zero-order valence-electron chi connectivity index (χ0n) is 10.0. The number of hydrogen-bond acceptors (Lipinski definition) is 6. The van der Waals surface area contributed by atoms with Gasteiger partial charge in [-0.3, -0.25) is 14.9 Å². The maximum absolute atomic E-state index is 11.6. The largest absolute Gasteiger partial charge is 0.507 e. The third-order valence-corrected chi connectivity index (χ3v) is 2.30. The van der Waals surface area contributed by atoms with Crippen molar-refractivity contribution in [1.82, 2.24) is 5.43 Å². The topological polar surface area (TPSA) is 118 Å². The van der Waals surface area contributed by atoms with Gasteiger partial charge < -0.3 is 9.52 Å². The van der Waals surface area contributed by atoms with Gasteiger partial charge in [-0.05, 0) is 18.2 Å². The molecule has 0 aliphatic heterocycles. The molecule has 1 aromatic carbocycles. The van der Waals surface area contributed by atoms with Gasteiger partial charge in [-0.2, -0.15) is 5.10 Å². The minimum Gasteiger partial charge on any atom is -0.507 e. The van der Waals surface area contributed by atoms with Crippen LogP contribution in [-0.2, 0) is 0 Å². The van der Waals surface area contributed by atoms with Crippen LogP contribution < -0.4 is 5.43 Å². The maximum Gasteiger partial charge on any atom is 0.433 e. The van der Waals surface area contributed by atoms with Crippen molar-refractivity contribution in [2.45, 2.75) is 0 Å². The number of nitro groups is 1. The van der Waals surface area contributed by atoms with Gasteiger partial charge in [0, 0.05) is 0 Å². The minimum absolute atomic E-state index is 0.0649. The van der Waals surface area contributed by atoms with Crippen LogP contribution in [0, 0.1) is 10.1 Å². The van der Waals surface area contributed by atoms with Crippen LogP contribution in [0.3, 0.4) is 0 Å². The molecular formula is C12H9N3O5. The Balaban J connectivity index is 2.01. The highest BCUT2D eigenvalue weighted by Crippen LogP contribution is 2.15. The number of nitrogens with one attached hydrogen (secondary N) is 1. The first kappa shape index (κ1) is 13.3. The van der Waals surface area contributed by atoms with Gasteiger partial charge in [0.15, 0.2) is 5.76 Å². The van der Waals surface area contributed by atoms with Crippen LogP contribution in [0.5, 0.6) is 5.75 Å². The number of aromatic hydroxyl groups is 1. The lowest BCUT2D eigenvalue weighted by molar-refractivity contribution is -0.402. The minimum atomic E-state index is -0.683. The number of para-hydroxylation sites is 1. The number of carbonyl (C=O) groups is 1. The molecule has 0 radical (unpaired) electrons. The van der Waals surface area contributed by atoms with E-state index in [-0.39, 0.29) is 17.1 Å². The molecule has 0 saturated heterocycles. The lowest BCUT2D eigenvalue weighted by Gasteiger charge is -2.01. The van der Waals surface area contributed by atoms with Crippen LogP contribution in [0.2, 0.25) is 0 Å². The second kappa shape index (κ2) is 5.65. The van der Waals surface area contributed by atoms with Crippen molar-refractivity contribution >= 4 is 18.0 Å². The van der Waals surface area contributed by atoms with E-state index in [0.29, 0.717) is 0 Å². The summed E-state index contributed by atoms with van der Waals surface area (Å²) in [6.45, 7) is 0. The highest BCUT2D eigenvalue weighted by molar-refractivity contribution is 5.97. The molecule has 0 atom stereocenters. The smallest absolute Gasteiger partial charge is 0.433 e. The van der Waals surface area contributed by atoms with E-state index in [9.17, 15) is 20.0 Å². The number of rotatable bonds is 4. The standard InChI is InChI=1S/C12H9N3O5/c16-10-4-2-1-3-9(10)12(17)14-13-7-8-5-6-11(20-8)15(18)19/h1-7,16H,(H,14,17). The Labute approximate surface area is 112 Å². The number of hydrazone groups is 1. The quantitative estimate of drug-likeness (QED) is 0.499. The van der Waals surface area contributed by atoms with Crippen LogP contribution >= 0.6 is 0 Å². The fourth-order valence-corrected chi connectivity index (χ4v) is 1.39. The van der Waals surface area contributed by atoms with Crippen molar-refractivity contribution in [2.24, 2.45) is 5.10 Å². The molecule has 2 aromatic rings. The van der Waals surface area contributed by atoms with E-state index in [4.69, 9.17) is 4.42 Å². The number of furan rings is 1. The average Bonchev–Trinajstić information content (AvgIpc) is 2.88. The molecule has 0 unspecified atom stereocenters. The van der Waals surface area contributed by atoms with Crippen LogP contribution in [0.4, 0.5) is 5.88 Å². The Morgan fingerprint density at radius 1 is 1.35 bits per heavy atom. The molecule has 0 saturated carbocycles. The van der Waals surface area contributed by atoms with Gasteiger partial charge in [0.1, 0.15) is 10.7 Å². The molecule has 0 bridgehead atoms. The summed E-state index contributed by atoms with van der Waals surface area (Å²) in [4.78, 5) is 21.4. The van der Waals surface area contributed by atoms with Gasteiger partial charge >= 0.3 is 5.88 Å². The molecule has 0 spiro atoms. The molecule has 0 aliphatic rings. The summed E-state index contributed by atoms with van der Waals surface area (Å²) in [7, 11) is 0. The van der Waals surface area contributed by atoms with Gasteiger partial charge in [0.2, 0.25) is 0 Å². The number of carbonyl (C=O) groups excluding carboxylic acids is 1. The Morgan fingerprint density at radius 3 is 2.75 bits per heavy atom. The predicted molar refractivity (Wildman–Crippen MR) is 68.5 cm³/mol. The summed E-state index contributed by atoms with van der Waals surface area (Å²) >= 11 is 0. The monoisotopic (exact) mass is 275 g/mol. The molecule has 2 rings (SSSR count). The molecule has 2 N–H and O–H groups in total. The second-order valence-corrected chi connectivity index (χ2v) is 3.65. The molecule has 1 aromatic heterocycles. The molecule has 20 heavy (non-hydrogen) atoms. The third-order valence-electron chi connectivity index (χ3n) is 2.30. The van der Waals surface area contributed by atoms with E-state index >= 15 is 0 Å². The summed E-state index contributed by atoms with van der Waals surface area (Å²) < 4.78 is 4.81. The van der Waals surface area contributed by atoms with Gasteiger partial charge in [-0.25, -0.2) is 5.43 Å². The zero-order chi connectivity index (χ0) is 14.5. The number of amides is 1. The van der Waals surface area contributed by atoms with Gasteiger partial charge in [-0.1, -0.05) is 12.1 Å². The molecule has 1 amide bonds. The zero-order valence-corrected chi connectivity index (χ0v) is 10.0. The summed E-state index contributed by atoms with van der Waals surface area (Å²) in [5, 5.41) is 23.4. The van der Waals surface area contributed by atoms with Crippen molar-refractivity contribution in [1.29, 1.82) is 0 Å².